The Balaban J connectivity index is 1.77. The highest BCUT2D eigenvalue weighted by Gasteiger charge is 2.38. The van der Waals surface area contributed by atoms with Gasteiger partial charge in [0.2, 0.25) is 11.7 Å². The molecule has 22 heavy (non-hydrogen) atoms. The van der Waals surface area contributed by atoms with Gasteiger partial charge >= 0.3 is 0 Å². The van der Waals surface area contributed by atoms with E-state index in [0.717, 1.165) is 12.1 Å². The second kappa shape index (κ2) is 6.00. The average molecular weight is 304 g/mol. The second-order valence-electron chi connectivity index (χ2n) is 5.91. The van der Waals surface area contributed by atoms with Gasteiger partial charge in [0.1, 0.15) is 6.61 Å². The molecule has 0 radical (unpaired) electrons. The molecule has 2 aliphatic heterocycles. The summed E-state index contributed by atoms with van der Waals surface area (Å²) in [5, 5.41) is 0. The van der Waals surface area contributed by atoms with Crippen molar-refractivity contribution < 1.29 is 14.3 Å². The van der Waals surface area contributed by atoms with Gasteiger partial charge in [0, 0.05) is 37.9 Å². The van der Waals surface area contributed by atoms with Crippen molar-refractivity contribution >= 4 is 11.8 Å². The van der Waals surface area contributed by atoms with Crippen LogP contribution in [-0.2, 0) is 9.53 Å². The third-order valence-corrected chi connectivity index (χ3v) is 4.44. The molecule has 118 valence electrons. The number of aromatic nitrogens is 2. The standard InChI is InChI=1S/C15H20N4O3/c1-10-3-5-16-14(17-10)15(21)19-6-4-11-8-22-9-13(20)18(2)12(11)7-19/h3,5,11-12H,4,6-9H2,1-2H3/t11-,12-/m0/s1. The van der Waals surface area contributed by atoms with E-state index in [4.69, 9.17) is 4.74 Å². The number of hydrogen-bond acceptors (Lipinski definition) is 5. The molecule has 1 aromatic heterocycles. The van der Waals surface area contributed by atoms with Crippen LogP contribution in [0.1, 0.15) is 22.7 Å². The number of rotatable bonds is 1. The smallest absolute Gasteiger partial charge is 0.291 e. The molecule has 3 heterocycles. The van der Waals surface area contributed by atoms with E-state index >= 15 is 0 Å². The van der Waals surface area contributed by atoms with Crippen LogP contribution < -0.4 is 0 Å². The van der Waals surface area contributed by atoms with Gasteiger partial charge in [-0.05, 0) is 19.4 Å². The fourth-order valence-corrected chi connectivity index (χ4v) is 3.08. The number of fused-ring (bicyclic) bond motifs is 1. The van der Waals surface area contributed by atoms with Crippen LogP contribution in [0.25, 0.3) is 0 Å². The number of nitrogens with zero attached hydrogens (tertiary/aromatic N) is 4. The molecular formula is C15H20N4O3. The number of piperidine rings is 1. The Morgan fingerprint density at radius 2 is 2.27 bits per heavy atom. The van der Waals surface area contributed by atoms with Crippen molar-refractivity contribution in [3.63, 3.8) is 0 Å². The molecule has 0 bridgehead atoms. The highest BCUT2D eigenvalue weighted by Crippen LogP contribution is 2.25. The summed E-state index contributed by atoms with van der Waals surface area (Å²) in [5.74, 6) is 0.290. The van der Waals surface area contributed by atoms with Gasteiger partial charge in [-0.15, -0.1) is 0 Å². The molecule has 0 N–H and O–H groups in total. The lowest BCUT2D eigenvalue weighted by Gasteiger charge is -2.40. The molecule has 2 fully saturated rings. The highest BCUT2D eigenvalue weighted by atomic mass is 16.5. The molecule has 2 aliphatic rings. The van der Waals surface area contributed by atoms with Crippen LogP contribution in [0.5, 0.6) is 0 Å². The first-order valence-electron chi connectivity index (χ1n) is 7.48. The molecule has 0 saturated carbocycles. The Hall–Kier alpha value is -2.02. The molecule has 0 aromatic carbocycles. The predicted molar refractivity (Wildman–Crippen MR) is 78.2 cm³/mol. The van der Waals surface area contributed by atoms with E-state index in [9.17, 15) is 9.59 Å². The molecule has 2 saturated heterocycles. The van der Waals surface area contributed by atoms with Crippen molar-refractivity contribution in [3.05, 3.63) is 23.8 Å². The lowest BCUT2D eigenvalue weighted by atomic mass is 9.91. The van der Waals surface area contributed by atoms with Gasteiger partial charge in [0.15, 0.2) is 0 Å². The Kier molecular flexibility index (Phi) is 4.06. The van der Waals surface area contributed by atoms with Crippen LogP contribution in [0.15, 0.2) is 12.3 Å². The summed E-state index contributed by atoms with van der Waals surface area (Å²) < 4.78 is 5.42. The van der Waals surface area contributed by atoms with Crippen LogP contribution in [0, 0.1) is 12.8 Å². The quantitative estimate of drug-likeness (QED) is 0.736. The Bertz CT molecular complexity index is 592. The Morgan fingerprint density at radius 3 is 3.05 bits per heavy atom. The first-order chi connectivity index (χ1) is 10.6. The minimum atomic E-state index is -0.173. The summed E-state index contributed by atoms with van der Waals surface area (Å²) >= 11 is 0. The summed E-state index contributed by atoms with van der Waals surface area (Å²) in [6.45, 7) is 3.68. The van der Waals surface area contributed by atoms with Gasteiger partial charge in [-0.2, -0.15) is 0 Å². The summed E-state index contributed by atoms with van der Waals surface area (Å²) in [6, 6.07) is 1.76. The number of likely N-dealkylation sites (tertiary alicyclic amines) is 1. The summed E-state index contributed by atoms with van der Waals surface area (Å²) in [5.41, 5.74) is 0.767. The molecule has 7 heteroatoms. The molecule has 0 unspecified atom stereocenters. The minimum absolute atomic E-state index is 0.00231. The summed E-state index contributed by atoms with van der Waals surface area (Å²) in [7, 11) is 1.78. The minimum Gasteiger partial charge on any atom is -0.371 e. The fourth-order valence-electron chi connectivity index (χ4n) is 3.08. The normalized spacial score (nSPS) is 25.6. The number of likely N-dealkylation sites (N-methyl/N-ethyl adjacent to an activating group) is 1. The van der Waals surface area contributed by atoms with Gasteiger partial charge in [0.25, 0.3) is 5.91 Å². The monoisotopic (exact) mass is 304 g/mol. The molecule has 2 amide bonds. The molecule has 3 rings (SSSR count). The molecule has 1 aromatic rings. The average Bonchev–Trinajstić information content (AvgIpc) is 2.66. The first kappa shape index (κ1) is 14.9. The number of amides is 2. The Morgan fingerprint density at radius 1 is 1.45 bits per heavy atom. The van der Waals surface area contributed by atoms with E-state index in [1.807, 2.05) is 6.92 Å². The fraction of sp³-hybridized carbons (Fsp3) is 0.600. The zero-order valence-electron chi connectivity index (χ0n) is 12.9. The van der Waals surface area contributed by atoms with Crippen molar-refractivity contribution in [2.24, 2.45) is 5.92 Å². The van der Waals surface area contributed by atoms with Crippen molar-refractivity contribution in [1.82, 2.24) is 19.8 Å². The molecule has 0 spiro atoms. The highest BCUT2D eigenvalue weighted by molar-refractivity contribution is 5.90. The van der Waals surface area contributed by atoms with E-state index in [0.29, 0.717) is 19.7 Å². The maximum atomic E-state index is 12.6. The zero-order chi connectivity index (χ0) is 15.7. The van der Waals surface area contributed by atoms with Gasteiger partial charge in [-0.3, -0.25) is 9.59 Å². The lowest BCUT2D eigenvalue weighted by molar-refractivity contribution is -0.134. The number of carbonyl (C=O) groups is 2. The van der Waals surface area contributed by atoms with Gasteiger partial charge in [0.05, 0.1) is 12.6 Å². The van der Waals surface area contributed by atoms with Crippen molar-refractivity contribution in [3.8, 4) is 0 Å². The topological polar surface area (TPSA) is 75.6 Å². The van der Waals surface area contributed by atoms with E-state index in [1.54, 1.807) is 29.1 Å². The largest absolute Gasteiger partial charge is 0.371 e. The summed E-state index contributed by atoms with van der Waals surface area (Å²) in [6.07, 6.45) is 2.41. The predicted octanol–water partition coefficient (Wildman–Crippen LogP) is 0.104. The zero-order valence-corrected chi connectivity index (χ0v) is 12.9. The van der Waals surface area contributed by atoms with Crippen LogP contribution in [0.3, 0.4) is 0 Å². The first-order valence-corrected chi connectivity index (χ1v) is 7.48. The molecule has 2 atom stereocenters. The third-order valence-electron chi connectivity index (χ3n) is 4.44. The lowest BCUT2D eigenvalue weighted by Crippen LogP contribution is -2.54. The molecule has 7 nitrogen and oxygen atoms in total. The third kappa shape index (κ3) is 2.81. The van der Waals surface area contributed by atoms with Gasteiger partial charge in [-0.25, -0.2) is 9.97 Å². The number of aryl methyl sites for hydroxylation is 1. The van der Waals surface area contributed by atoms with Crippen LogP contribution in [0.4, 0.5) is 0 Å². The maximum Gasteiger partial charge on any atom is 0.291 e. The molecular weight excluding hydrogens is 284 g/mol. The Labute approximate surface area is 129 Å². The van der Waals surface area contributed by atoms with E-state index in [2.05, 4.69) is 9.97 Å². The van der Waals surface area contributed by atoms with Crippen molar-refractivity contribution in [2.45, 2.75) is 19.4 Å². The SMILES string of the molecule is Cc1ccnc(C(=O)N2CC[C@H]3COCC(=O)N(C)[C@H]3C2)n1. The van der Waals surface area contributed by atoms with E-state index in [1.165, 1.54) is 0 Å². The van der Waals surface area contributed by atoms with E-state index < -0.39 is 0 Å². The van der Waals surface area contributed by atoms with Crippen molar-refractivity contribution in [1.29, 1.82) is 0 Å². The van der Waals surface area contributed by atoms with Crippen LogP contribution >= 0.6 is 0 Å². The summed E-state index contributed by atoms with van der Waals surface area (Å²) in [4.78, 5) is 36.2. The van der Waals surface area contributed by atoms with E-state index in [-0.39, 0.29) is 36.2 Å². The molecule has 0 aliphatic carbocycles. The number of ether oxygens (including phenoxy) is 1. The van der Waals surface area contributed by atoms with Crippen molar-refractivity contribution in [2.75, 3.05) is 33.4 Å². The maximum absolute atomic E-state index is 12.6. The number of hydrogen-bond donors (Lipinski definition) is 0. The van der Waals surface area contributed by atoms with Gasteiger partial charge < -0.3 is 14.5 Å². The van der Waals surface area contributed by atoms with Gasteiger partial charge in [-0.1, -0.05) is 0 Å². The number of carbonyl (C=O) groups excluding carboxylic acids is 2. The second-order valence-corrected chi connectivity index (χ2v) is 5.91. The van der Waals surface area contributed by atoms with Crippen LogP contribution in [-0.4, -0.2) is 71.0 Å². The van der Waals surface area contributed by atoms with Crippen LogP contribution in [0.2, 0.25) is 0 Å².